The van der Waals surface area contributed by atoms with Crippen LogP contribution in [0.25, 0.3) is 0 Å². The molecule has 0 aliphatic rings. The monoisotopic (exact) mass is 328 g/mol. The number of halogens is 3. The van der Waals surface area contributed by atoms with E-state index in [0.717, 1.165) is 12.1 Å². The third-order valence-corrected chi connectivity index (χ3v) is 3.08. The summed E-state index contributed by atoms with van der Waals surface area (Å²) in [6, 6.07) is 1.75. The zero-order valence-corrected chi connectivity index (χ0v) is 12.3. The van der Waals surface area contributed by atoms with Crippen molar-refractivity contribution in [1.82, 2.24) is 9.97 Å². The molecular formula is C14H15F3N4O2. The molecule has 6 nitrogen and oxygen atoms in total. The minimum absolute atomic E-state index is 0.0279. The number of rotatable bonds is 3. The Bertz CT molecular complexity index is 733. The Morgan fingerprint density at radius 2 is 1.83 bits per heavy atom. The average molecular weight is 328 g/mol. The Labute approximate surface area is 129 Å². The molecule has 0 amide bonds. The number of anilines is 2. The smallest absolute Gasteiger partial charge is 0.420 e. The third-order valence-electron chi connectivity index (χ3n) is 3.08. The highest BCUT2D eigenvalue weighted by Crippen LogP contribution is 2.43. The molecule has 0 saturated carbocycles. The van der Waals surface area contributed by atoms with Crippen molar-refractivity contribution in [3.8, 4) is 17.2 Å². The Balaban J connectivity index is 2.55. The largest absolute Gasteiger partial charge is 0.507 e. The minimum atomic E-state index is -4.72. The lowest BCUT2D eigenvalue weighted by atomic mass is 9.99. The molecule has 0 bridgehead atoms. The summed E-state index contributed by atoms with van der Waals surface area (Å²) in [5.41, 5.74) is 10.2. The fourth-order valence-electron chi connectivity index (χ4n) is 1.95. The molecule has 9 heteroatoms. The van der Waals surface area contributed by atoms with Gasteiger partial charge in [-0.25, -0.2) is 4.98 Å². The van der Waals surface area contributed by atoms with Crippen LogP contribution in [0.4, 0.5) is 24.9 Å². The number of nitrogens with two attached hydrogens (primary N) is 2. The van der Waals surface area contributed by atoms with Gasteiger partial charge >= 0.3 is 6.18 Å². The maximum atomic E-state index is 13.0. The molecule has 2 aromatic rings. The molecule has 0 aliphatic carbocycles. The molecular weight excluding hydrogens is 313 g/mol. The van der Waals surface area contributed by atoms with E-state index in [0.29, 0.717) is 5.56 Å². The molecule has 0 atom stereocenters. The van der Waals surface area contributed by atoms with Crippen LogP contribution in [0, 0.1) is 0 Å². The maximum Gasteiger partial charge on any atom is 0.420 e. The van der Waals surface area contributed by atoms with Gasteiger partial charge < -0.3 is 21.3 Å². The molecule has 5 N–H and O–H groups in total. The number of phenolic OH excluding ortho intramolecular Hbond substituents is 1. The van der Waals surface area contributed by atoms with E-state index >= 15 is 0 Å². The van der Waals surface area contributed by atoms with Gasteiger partial charge in [0.15, 0.2) is 11.6 Å². The van der Waals surface area contributed by atoms with Gasteiger partial charge in [-0.15, -0.1) is 0 Å². The Hall–Kier alpha value is -2.71. The third kappa shape index (κ3) is 3.55. The van der Waals surface area contributed by atoms with Crippen molar-refractivity contribution in [3.63, 3.8) is 0 Å². The lowest BCUT2D eigenvalue weighted by Gasteiger charge is -2.18. The number of nitrogen functional groups attached to an aromatic ring is 2. The topological polar surface area (TPSA) is 107 Å². The van der Waals surface area contributed by atoms with Gasteiger partial charge in [-0.2, -0.15) is 18.2 Å². The summed E-state index contributed by atoms with van der Waals surface area (Å²) in [4.78, 5) is 7.37. The summed E-state index contributed by atoms with van der Waals surface area (Å²) in [6.07, 6.45) is -3.55. The first-order valence-electron chi connectivity index (χ1n) is 6.59. The summed E-state index contributed by atoms with van der Waals surface area (Å²) in [7, 11) is 0. The number of alkyl halides is 3. The number of ether oxygens (including phenoxy) is 1. The van der Waals surface area contributed by atoms with Crippen LogP contribution in [0.3, 0.4) is 0 Å². The summed E-state index contributed by atoms with van der Waals surface area (Å²) in [6.45, 7) is 3.50. The van der Waals surface area contributed by atoms with E-state index in [1.54, 1.807) is 13.8 Å². The van der Waals surface area contributed by atoms with Crippen LogP contribution in [0.15, 0.2) is 18.3 Å². The van der Waals surface area contributed by atoms with Gasteiger partial charge in [0.25, 0.3) is 0 Å². The van der Waals surface area contributed by atoms with Crippen LogP contribution in [0.5, 0.6) is 17.2 Å². The first kappa shape index (κ1) is 16.7. The van der Waals surface area contributed by atoms with Crippen LogP contribution >= 0.6 is 0 Å². The molecule has 2 rings (SSSR count). The van der Waals surface area contributed by atoms with E-state index in [1.165, 1.54) is 6.20 Å². The predicted molar refractivity (Wildman–Crippen MR) is 78.1 cm³/mol. The Morgan fingerprint density at radius 3 is 2.35 bits per heavy atom. The second kappa shape index (κ2) is 5.82. The van der Waals surface area contributed by atoms with Gasteiger partial charge in [0.2, 0.25) is 5.95 Å². The average Bonchev–Trinajstić information content (AvgIpc) is 2.41. The number of aromatic hydroxyl groups is 1. The minimum Gasteiger partial charge on any atom is -0.507 e. The van der Waals surface area contributed by atoms with Crippen molar-refractivity contribution in [2.75, 3.05) is 11.5 Å². The molecule has 0 spiro atoms. The van der Waals surface area contributed by atoms with Gasteiger partial charge in [0.05, 0.1) is 6.20 Å². The van der Waals surface area contributed by atoms with Gasteiger partial charge in [0.1, 0.15) is 17.1 Å². The lowest BCUT2D eigenvalue weighted by Crippen LogP contribution is -2.08. The Morgan fingerprint density at radius 1 is 1.17 bits per heavy atom. The first-order valence-corrected chi connectivity index (χ1v) is 6.59. The second-order valence-electron chi connectivity index (χ2n) is 5.14. The second-order valence-corrected chi connectivity index (χ2v) is 5.14. The van der Waals surface area contributed by atoms with Crippen molar-refractivity contribution in [2.24, 2.45) is 0 Å². The standard InChI is InChI=1S/C14H15F3N4O2/c1-6(2)7-3-9(22)8(14(15,16)17)4-10(7)23-11-5-20-13(19)21-12(11)18/h3-6,22H,1-2H3,(H4,18,19,20,21). The summed E-state index contributed by atoms with van der Waals surface area (Å²) >= 11 is 0. The van der Waals surface area contributed by atoms with Gasteiger partial charge in [-0.05, 0) is 18.1 Å². The number of hydrogen-bond acceptors (Lipinski definition) is 6. The van der Waals surface area contributed by atoms with E-state index in [-0.39, 0.29) is 29.2 Å². The summed E-state index contributed by atoms with van der Waals surface area (Å²) in [5.74, 6) is -1.37. The van der Waals surface area contributed by atoms with Crippen molar-refractivity contribution in [1.29, 1.82) is 0 Å². The zero-order chi connectivity index (χ0) is 17.4. The molecule has 0 saturated heterocycles. The SMILES string of the molecule is CC(C)c1cc(O)c(C(F)(F)F)cc1Oc1cnc(N)nc1N. The molecule has 23 heavy (non-hydrogen) atoms. The predicted octanol–water partition coefficient (Wildman–Crippen LogP) is 3.28. The molecule has 1 heterocycles. The van der Waals surface area contributed by atoms with Crippen LogP contribution in [-0.2, 0) is 6.18 Å². The van der Waals surface area contributed by atoms with Crippen LogP contribution in [0.1, 0.15) is 30.9 Å². The normalized spacial score (nSPS) is 11.7. The van der Waals surface area contributed by atoms with Gasteiger partial charge in [0, 0.05) is 5.56 Å². The molecule has 0 aliphatic heterocycles. The first-order chi connectivity index (χ1) is 10.6. The number of benzene rings is 1. The van der Waals surface area contributed by atoms with Crippen molar-refractivity contribution < 1.29 is 23.0 Å². The highest BCUT2D eigenvalue weighted by Gasteiger charge is 2.35. The molecule has 0 unspecified atom stereocenters. The highest BCUT2D eigenvalue weighted by atomic mass is 19.4. The summed E-state index contributed by atoms with van der Waals surface area (Å²) in [5, 5.41) is 9.62. The maximum absolute atomic E-state index is 13.0. The van der Waals surface area contributed by atoms with Crippen LogP contribution in [-0.4, -0.2) is 15.1 Å². The van der Waals surface area contributed by atoms with Crippen LogP contribution in [0.2, 0.25) is 0 Å². The number of hydrogen-bond donors (Lipinski definition) is 3. The van der Waals surface area contributed by atoms with Gasteiger partial charge in [-0.3, -0.25) is 0 Å². The summed E-state index contributed by atoms with van der Waals surface area (Å²) < 4.78 is 44.3. The quantitative estimate of drug-likeness (QED) is 0.798. The van der Waals surface area contributed by atoms with Crippen molar-refractivity contribution >= 4 is 11.8 Å². The fourth-order valence-corrected chi connectivity index (χ4v) is 1.95. The molecule has 0 radical (unpaired) electrons. The molecule has 0 fully saturated rings. The Kier molecular flexibility index (Phi) is 4.22. The van der Waals surface area contributed by atoms with E-state index in [1.807, 2.05) is 0 Å². The lowest BCUT2D eigenvalue weighted by molar-refractivity contribution is -0.138. The van der Waals surface area contributed by atoms with E-state index in [9.17, 15) is 18.3 Å². The number of aromatic nitrogens is 2. The fraction of sp³-hybridized carbons (Fsp3) is 0.286. The highest BCUT2D eigenvalue weighted by molar-refractivity contribution is 5.53. The molecule has 1 aromatic carbocycles. The molecule has 124 valence electrons. The number of phenols is 1. The van der Waals surface area contributed by atoms with Crippen molar-refractivity contribution in [2.45, 2.75) is 25.9 Å². The van der Waals surface area contributed by atoms with E-state index in [2.05, 4.69) is 9.97 Å². The van der Waals surface area contributed by atoms with E-state index < -0.39 is 17.5 Å². The van der Waals surface area contributed by atoms with Crippen LogP contribution < -0.4 is 16.2 Å². The van der Waals surface area contributed by atoms with Gasteiger partial charge in [-0.1, -0.05) is 13.8 Å². The molecule has 1 aromatic heterocycles. The van der Waals surface area contributed by atoms with E-state index in [4.69, 9.17) is 16.2 Å². The zero-order valence-electron chi connectivity index (χ0n) is 12.3. The van der Waals surface area contributed by atoms with Crippen molar-refractivity contribution in [3.05, 3.63) is 29.5 Å². The number of nitrogens with zero attached hydrogens (tertiary/aromatic N) is 2.